The minimum atomic E-state index is -0.859. The summed E-state index contributed by atoms with van der Waals surface area (Å²) in [7, 11) is 0. The van der Waals surface area contributed by atoms with Crippen molar-refractivity contribution in [3.63, 3.8) is 0 Å². The topological polar surface area (TPSA) is 99.9 Å². The molecule has 2 N–H and O–H groups in total. The largest absolute Gasteiger partial charge is 0.374 e. The third-order valence-corrected chi connectivity index (χ3v) is 12.3. The van der Waals surface area contributed by atoms with Gasteiger partial charge in [-0.15, -0.1) is 0 Å². The number of unbranched alkanes of at least 4 members (excludes halogenated alkanes) is 11. The molecule has 4 aromatic rings. The first-order valence-corrected chi connectivity index (χ1v) is 24.3. The van der Waals surface area contributed by atoms with Crippen LogP contribution in [-0.2, 0) is 64.3 Å². The van der Waals surface area contributed by atoms with Crippen molar-refractivity contribution in [3.8, 4) is 0 Å². The molecule has 2 heterocycles. The number of hydrogen-bond donors (Lipinski definition) is 1. The van der Waals surface area contributed by atoms with E-state index in [9.17, 15) is 0 Å². The Hall–Kier alpha value is -3.48. The van der Waals surface area contributed by atoms with E-state index in [0.29, 0.717) is 26.4 Å². The van der Waals surface area contributed by atoms with Gasteiger partial charge in [-0.3, -0.25) is 0 Å². The standard InChI is InChI=1S/C55H77NO8/c1-4-5-6-7-8-9-10-11-12-13-14-27-36-48-50(64-55(2,3)63-48)47(56)41-61-54-53(60-40-46-34-25-18-26-35-46)52(59-39-45-32-23-17-24-33-45)51(58-38-44-30-21-16-22-31-44)49(62-54)42-57-37-43-28-19-15-20-29-43/h15-26,28-35,47-54H,4-14,27,36-42,56H2,1-3H3/t47-,48+,49+,50-,51-,52-,53+,54-/m0/s1. The lowest BCUT2D eigenvalue weighted by atomic mass is 9.97. The van der Waals surface area contributed by atoms with Gasteiger partial charge in [0.05, 0.1) is 51.8 Å². The Balaban J connectivity index is 1.15. The summed E-state index contributed by atoms with van der Waals surface area (Å²) < 4.78 is 53.7. The van der Waals surface area contributed by atoms with Gasteiger partial charge >= 0.3 is 0 Å². The summed E-state index contributed by atoms with van der Waals surface area (Å²) in [5, 5.41) is 0. The molecule has 9 heteroatoms. The van der Waals surface area contributed by atoms with Crippen LogP contribution in [-0.4, -0.2) is 68.0 Å². The van der Waals surface area contributed by atoms with Crippen molar-refractivity contribution in [2.45, 2.75) is 185 Å². The van der Waals surface area contributed by atoms with Crippen LogP contribution >= 0.6 is 0 Å². The van der Waals surface area contributed by atoms with Crippen molar-refractivity contribution < 1.29 is 37.9 Å². The van der Waals surface area contributed by atoms with Gasteiger partial charge in [0.2, 0.25) is 0 Å². The van der Waals surface area contributed by atoms with E-state index in [1.54, 1.807) is 0 Å². The lowest BCUT2D eigenvalue weighted by Crippen LogP contribution is -2.62. The zero-order valence-corrected chi connectivity index (χ0v) is 38.9. The summed E-state index contributed by atoms with van der Waals surface area (Å²) in [6.45, 7) is 8.05. The van der Waals surface area contributed by atoms with Crippen molar-refractivity contribution in [2.24, 2.45) is 5.73 Å². The van der Waals surface area contributed by atoms with Gasteiger partial charge in [-0.2, -0.15) is 0 Å². The van der Waals surface area contributed by atoms with E-state index in [1.165, 1.54) is 70.6 Å². The molecule has 0 bridgehead atoms. The van der Waals surface area contributed by atoms with Crippen LogP contribution in [0.2, 0.25) is 0 Å². The van der Waals surface area contributed by atoms with Crippen LogP contribution in [0, 0.1) is 0 Å². The maximum Gasteiger partial charge on any atom is 0.187 e. The molecule has 2 aliphatic rings. The Labute approximate surface area is 384 Å². The predicted octanol–water partition coefficient (Wildman–Crippen LogP) is 11.6. The summed E-state index contributed by atoms with van der Waals surface area (Å²) in [5.41, 5.74) is 11.2. The first-order chi connectivity index (χ1) is 31.4. The van der Waals surface area contributed by atoms with Gasteiger partial charge in [0, 0.05) is 0 Å². The minimum Gasteiger partial charge on any atom is -0.374 e. The second kappa shape index (κ2) is 27.9. The normalized spacial score (nSPS) is 23.6. The fourth-order valence-electron chi connectivity index (χ4n) is 8.82. The summed E-state index contributed by atoms with van der Waals surface area (Å²) in [6.07, 6.45) is 12.8. The maximum absolute atomic E-state index is 7.04. The van der Waals surface area contributed by atoms with Gasteiger partial charge in [-0.25, -0.2) is 0 Å². The Kier molecular flexibility index (Phi) is 21.7. The lowest BCUT2D eigenvalue weighted by molar-refractivity contribution is -0.329. The molecule has 6 rings (SSSR count). The molecule has 2 saturated heterocycles. The number of nitrogens with two attached hydrogens (primary N) is 1. The molecule has 64 heavy (non-hydrogen) atoms. The molecule has 0 aromatic heterocycles. The monoisotopic (exact) mass is 880 g/mol. The highest BCUT2D eigenvalue weighted by molar-refractivity contribution is 5.16. The van der Waals surface area contributed by atoms with Crippen LogP contribution in [0.5, 0.6) is 0 Å². The molecule has 9 nitrogen and oxygen atoms in total. The molecule has 0 spiro atoms. The van der Waals surface area contributed by atoms with Crippen LogP contribution in [0.1, 0.15) is 126 Å². The van der Waals surface area contributed by atoms with Gasteiger partial charge in [-0.1, -0.05) is 205 Å². The van der Waals surface area contributed by atoms with E-state index in [-0.39, 0.29) is 25.4 Å². The third-order valence-electron chi connectivity index (χ3n) is 12.3. The SMILES string of the molecule is CCCCCCCCCCCCCC[C@H]1OC(C)(C)O[C@H]1[C@@H](N)CO[C@H]1O[C@H](COCc2ccccc2)[C@H](OCc2ccccc2)[C@H](OCc2ccccc2)[C@H]1OCc1ccccc1. The van der Waals surface area contributed by atoms with Gasteiger partial charge in [-0.05, 0) is 42.5 Å². The van der Waals surface area contributed by atoms with Crippen molar-refractivity contribution in [1.82, 2.24) is 0 Å². The number of rotatable bonds is 30. The summed E-state index contributed by atoms with van der Waals surface area (Å²) in [5.74, 6) is -0.742. The van der Waals surface area contributed by atoms with E-state index < -0.39 is 42.5 Å². The molecule has 0 radical (unpaired) electrons. The van der Waals surface area contributed by atoms with Crippen molar-refractivity contribution in [1.29, 1.82) is 0 Å². The molecule has 2 fully saturated rings. The van der Waals surface area contributed by atoms with E-state index in [2.05, 4.69) is 55.5 Å². The van der Waals surface area contributed by atoms with Crippen molar-refractivity contribution in [3.05, 3.63) is 144 Å². The summed E-state index contributed by atoms with van der Waals surface area (Å²) in [4.78, 5) is 0. The van der Waals surface area contributed by atoms with Gasteiger partial charge in [0.1, 0.15) is 30.5 Å². The number of ether oxygens (including phenoxy) is 8. The molecule has 4 aromatic carbocycles. The quantitative estimate of drug-likeness (QED) is 0.0513. The van der Waals surface area contributed by atoms with E-state index in [1.807, 2.05) is 86.6 Å². The minimum absolute atomic E-state index is 0.133. The molecule has 0 aliphatic carbocycles. The Morgan fingerprint density at radius 2 is 0.938 bits per heavy atom. The molecule has 8 atom stereocenters. The molecule has 0 amide bonds. The number of benzene rings is 4. The predicted molar refractivity (Wildman–Crippen MR) is 253 cm³/mol. The first kappa shape index (κ1) is 49.9. The first-order valence-electron chi connectivity index (χ1n) is 24.3. The highest BCUT2D eigenvalue weighted by atomic mass is 16.8. The Bertz CT molecular complexity index is 1780. The van der Waals surface area contributed by atoms with E-state index >= 15 is 0 Å². The van der Waals surface area contributed by atoms with Crippen LogP contribution in [0.25, 0.3) is 0 Å². The molecule has 350 valence electrons. The second-order valence-electron chi connectivity index (χ2n) is 18.1. The van der Waals surface area contributed by atoms with Crippen LogP contribution in [0.15, 0.2) is 121 Å². The van der Waals surface area contributed by atoms with Gasteiger partial charge in [0.25, 0.3) is 0 Å². The third kappa shape index (κ3) is 17.1. The van der Waals surface area contributed by atoms with Crippen LogP contribution < -0.4 is 5.73 Å². The second-order valence-corrected chi connectivity index (χ2v) is 18.1. The number of hydrogen-bond acceptors (Lipinski definition) is 9. The van der Waals surface area contributed by atoms with E-state index in [0.717, 1.165) is 35.1 Å². The summed E-state index contributed by atoms with van der Waals surface area (Å²) >= 11 is 0. The van der Waals surface area contributed by atoms with Gasteiger partial charge < -0.3 is 43.6 Å². The molecular weight excluding hydrogens is 803 g/mol. The average molecular weight is 880 g/mol. The molecular formula is C55H77NO8. The maximum atomic E-state index is 7.04. The summed E-state index contributed by atoms with van der Waals surface area (Å²) in [6, 6.07) is 40.1. The average Bonchev–Trinajstić information content (AvgIpc) is 3.64. The smallest absolute Gasteiger partial charge is 0.187 e. The van der Waals surface area contributed by atoms with Crippen LogP contribution in [0.4, 0.5) is 0 Å². The zero-order chi connectivity index (χ0) is 44.7. The lowest BCUT2D eigenvalue weighted by Gasteiger charge is -2.46. The zero-order valence-electron chi connectivity index (χ0n) is 38.9. The van der Waals surface area contributed by atoms with Gasteiger partial charge in [0.15, 0.2) is 12.1 Å². The molecule has 2 aliphatic heterocycles. The fraction of sp³-hybridized carbons (Fsp3) is 0.564. The van der Waals surface area contributed by atoms with Crippen molar-refractivity contribution >= 4 is 0 Å². The highest BCUT2D eigenvalue weighted by Gasteiger charge is 2.50. The Morgan fingerprint density at radius 3 is 1.44 bits per heavy atom. The fourth-order valence-corrected chi connectivity index (χ4v) is 8.82. The highest BCUT2D eigenvalue weighted by Crippen LogP contribution is 2.35. The van der Waals surface area contributed by atoms with E-state index in [4.69, 9.17) is 43.6 Å². The Morgan fingerprint density at radius 1 is 0.500 bits per heavy atom. The van der Waals surface area contributed by atoms with Crippen LogP contribution in [0.3, 0.4) is 0 Å². The molecule has 0 unspecified atom stereocenters. The molecule has 0 saturated carbocycles. The van der Waals surface area contributed by atoms with Crippen molar-refractivity contribution in [2.75, 3.05) is 13.2 Å².